The largest absolute Gasteiger partial charge is 0.353 e. The fraction of sp³-hybridized carbons (Fsp3) is 0.931. The molecule has 0 aromatic rings. The quantitative estimate of drug-likeness (QED) is 0.299. The summed E-state index contributed by atoms with van der Waals surface area (Å²) in [4.78, 5) is 0. The van der Waals surface area contributed by atoms with Crippen molar-refractivity contribution in [3.05, 3.63) is 11.1 Å². The summed E-state index contributed by atoms with van der Waals surface area (Å²) in [7, 11) is 3.80. The van der Waals surface area contributed by atoms with Crippen LogP contribution in [0.3, 0.4) is 0 Å². The molecule has 0 aromatic carbocycles. The number of ether oxygens (including phenoxy) is 2. The minimum atomic E-state index is -0.400. The lowest BCUT2D eigenvalue weighted by Crippen LogP contribution is -2.62. The average Bonchev–Trinajstić information content (AvgIpc) is 3.10. The van der Waals surface area contributed by atoms with E-state index in [-0.39, 0.29) is 5.41 Å². The Kier molecular flexibility index (Phi) is 6.75. The van der Waals surface area contributed by atoms with E-state index in [2.05, 4.69) is 34.6 Å². The standard InChI is InChI=1S/C29H50O2/c1-20(2)10-8-11-21(3)24-15-16-25-23-14-13-22-12-9-18-29(30-6,31-7)28(22,5)26(23)17-19-27(24,25)4/h20-22,24,26H,8-19H2,1-7H3/t21-,22-,24-,26+,27-,28+/m1/s1. The van der Waals surface area contributed by atoms with Gasteiger partial charge in [0.15, 0.2) is 5.79 Å². The number of hydrogen-bond acceptors (Lipinski definition) is 2. The van der Waals surface area contributed by atoms with Crippen LogP contribution in [0.2, 0.25) is 0 Å². The molecule has 0 N–H and O–H groups in total. The zero-order chi connectivity index (χ0) is 22.4. The molecule has 31 heavy (non-hydrogen) atoms. The molecule has 4 aliphatic carbocycles. The lowest BCUT2D eigenvalue weighted by Gasteiger charge is -2.62. The molecule has 4 rings (SSSR count). The van der Waals surface area contributed by atoms with Crippen LogP contribution in [0.4, 0.5) is 0 Å². The van der Waals surface area contributed by atoms with Crippen LogP contribution in [-0.2, 0) is 9.47 Å². The predicted molar refractivity (Wildman–Crippen MR) is 130 cm³/mol. The fourth-order valence-electron chi connectivity index (χ4n) is 9.28. The van der Waals surface area contributed by atoms with Crippen LogP contribution in [0, 0.1) is 40.4 Å². The average molecular weight is 431 g/mol. The van der Waals surface area contributed by atoms with Crippen molar-refractivity contribution in [3.63, 3.8) is 0 Å². The summed E-state index contributed by atoms with van der Waals surface area (Å²) in [6.07, 6.45) is 16.0. The summed E-state index contributed by atoms with van der Waals surface area (Å²) < 4.78 is 12.5. The van der Waals surface area contributed by atoms with Gasteiger partial charge in [0.25, 0.3) is 0 Å². The number of rotatable bonds is 7. The zero-order valence-corrected chi connectivity index (χ0v) is 21.7. The molecule has 3 saturated carbocycles. The zero-order valence-electron chi connectivity index (χ0n) is 21.7. The number of allylic oxidation sites excluding steroid dienone is 2. The van der Waals surface area contributed by atoms with E-state index in [4.69, 9.17) is 9.47 Å². The van der Waals surface area contributed by atoms with Crippen LogP contribution in [0.25, 0.3) is 0 Å². The maximum atomic E-state index is 6.26. The molecular formula is C29H50O2. The molecule has 2 nitrogen and oxygen atoms in total. The van der Waals surface area contributed by atoms with Crippen molar-refractivity contribution >= 4 is 0 Å². The van der Waals surface area contributed by atoms with Crippen LogP contribution < -0.4 is 0 Å². The van der Waals surface area contributed by atoms with E-state index >= 15 is 0 Å². The monoisotopic (exact) mass is 430 g/mol. The van der Waals surface area contributed by atoms with E-state index in [1.54, 1.807) is 0 Å². The molecule has 0 radical (unpaired) electrons. The van der Waals surface area contributed by atoms with Gasteiger partial charge in [-0.05, 0) is 86.4 Å². The highest BCUT2D eigenvalue weighted by molar-refractivity contribution is 5.35. The van der Waals surface area contributed by atoms with Gasteiger partial charge in [-0.2, -0.15) is 0 Å². The molecule has 0 amide bonds. The highest BCUT2D eigenvalue weighted by Crippen LogP contribution is 2.68. The molecular weight excluding hydrogens is 380 g/mol. The van der Waals surface area contributed by atoms with E-state index in [9.17, 15) is 0 Å². The summed E-state index contributed by atoms with van der Waals surface area (Å²) >= 11 is 0. The maximum Gasteiger partial charge on any atom is 0.173 e. The van der Waals surface area contributed by atoms with Crippen molar-refractivity contribution in [1.29, 1.82) is 0 Å². The SMILES string of the molecule is COC1(OC)CCC[C@@H]2CCC3=C4CC[C@H]([C@H](C)CCCC(C)C)[C@@]4(C)CC[C@@H]3[C@]21C. The molecule has 2 heteroatoms. The van der Waals surface area contributed by atoms with Crippen molar-refractivity contribution in [2.75, 3.05) is 14.2 Å². The van der Waals surface area contributed by atoms with Crippen LogP contribution in [0.5, 0.6) is 0 Å². The van der Waals surface area contributed by atoms with Crippen molar-refractivity contribution in [2.45, 2.75) is 117 Å². The van der Waals surface area contributed by atoms with Crippen LogP contribution >= 0.6 is 0 Å². The smallest absolute Gasteiger partial charge is 0.173 e. The highest BCUT2D eigenvalue weighted by Gasteiger charge is 2.63. The molecule has 0 spiro atoms. The van der Waals surface area contributed by atoms with Crippen LogP contribution in [0.1, 0.15) is 112 Å². The Hall–Kier alpha value is -0.340. The summed E-state index contributed by atoms with van der Waals surface area (Å²) in [6, 6.07) is 0. The summed E-state index contributed by atoms with van der Waals surface area (Å²) in [5.41, 5.74) is 4.31. The van der Waals surface area contributed by atoms with E-state index < -0.39 is 5.79 Å². The minimum absolute atomic E-state index is 0.123. The van der Waals surface area contributed by atoms with E-state index in [0.29, 0.717) is 11.3 Å². The van der Waals surface area contributed by atoms with Crippen molar-refractivity contribution in [3.8, 4) is 0 Å². The summed E-state index contributed by atoms with van der Waals surface area (Å²) in [5, 5.41) is 0. The lowest BCUT2D eigenvalue weighted by atomic mass is 9.47. The fourth-order valence-corrected chi connectivity index (χ4v) is 9.28. The number of fused-ring (bicyclic) bond motifs is 4. The van der Waals surface area contributed by atoms with Crippen molar-refractivity contribution in [1.82, 2.24) is 0 Å². The molecule has 0 unspecified atom stereocenters. The molecule has 0 saturated heterocycles. The van der Waals surface area contributed by atoms with Gasteiger partial charge >= 0.3 is 0 Å². The number of methoxy groups -OCH3 is 2. The molecule has 178 valence electrons. The molecule has 4 aliphatic rings. The second kappa shape index (κ2) is 8.79. The first-order chi connectivity index (χ1) is 14.7. The summed E-state index contributed by atoms with van der Waals surface area (Å²) in [6.45, 7) is 12.5. The molecule has 0 aliphatic heterocycles. The second-order valence-electron chi connectivity index (χ2n) is 12.5. The first kappa shape index (κ1) is 23.8. The third-order valence-corrected chi connectivity index (χ3v) is 11.0. The second-order valence-corrected chi connectivity index (χ2v) is 12.5. The van der Waals surface area contributed by atoms with E-state index in [1.807, 2.05) is 25.4 Å². The topological polar surface area (TPSA) is 18.5 Å². The summed E-state index contributed by atoms with van der Waals surface area (Å²) in [5.74, 6) is 3.58. The Labute approximate surface area is 192 Å². The molecule has 6 atom stereocenters. The van der Waals surface area contributed by atoms with Gasteiger partial charge in [-0.15, -0.1) is 0 Å². The van der Waals surface area contributed by atoms with Crippen molar-refractivity contribution < 1.29 is 9.47 Å². The van der Waals surface area contributed by atoms with Crippen molar-refractivity contribution in [2.24, 2.45) is 40.4 Å². The molecule has 0 heterocycles. The van der Waals surface area contributed by atoms with Gasteiger partial charge in [0.05, 0.1) is 0 Å². The van der Waals surface area contributed by atoms with Gasteiger partial charge in [0.1, 0.15) is 0 Å². The molecule has 3 fully saturated rings. The van der Waals surface area contributed by atoms with Gasteiger partial charge in [-0.25, -0.2) is 0 Å². The van der Waals surface area contributed by atoms with Gasteiger partial charge in [-0.1, -0.05) is 65.0 Å². The number of hydrogen-bond donors (Lipinski definition) is 0. The maximum absolute atomic E-state index is 6.26. The Morgan fingerprint density at radius 2 is 1.65 bits per heavy atom. The minimum Gasteiger partial charge on any atom is -0.353 e. The first-order valence-electron chi connectivity index (χ1n) is 13.6. The third kappa shape index (κ3) is 3.58. The van der Waals surface area contributed by atoms with Crippen LogP contribution in [-0.4, -0.2) is 20.0 Å². The highest BCUT2D eigenvalue weighted by atomic mass is 16.7. The van der Waals surface area contributed by atoms with Gasteiger partial charge in [-0.3, -0.25) is 0 Å². The Balaban J connectivity index is 1.63. The normalized spacial score (nSPS) is 40.5. The molecule has 0 bridgehead atoms. The van der Waals surface area contributed by atoms with Gasteiger partial charge in [0.2, 0.25) is 0 Å². The Bertz CT molecular complexity index is 674. The third-order valence-electron chi connectivity index (χ3n) is 11.0. The lowest BCUT2D eigenvalue weighted by molar-refractivity contribution is -0.319. The Morgan fingerprint density at radius 1 is 0.903 bits per heavy atom. The van der Waals surface area contributed by atoms with Crippen LogP contribution in [0.15, 0.2) is 11.1 Å². The van der Waals surface area contributed by atoms with Gasteiger partial charge < -0.3 is 9.47 Å². The predicted octanol–water partition coefficient (Wildman–Crippen LogP) is 8.16. The van der Waals surface area contributed by atoms with Gasteiger partial charge in [0, 0.05) is 26.1 Å². The van der Waals surface area contributed by atoms with E-state index in [0.717, 1.165) is 30.1 Å². The first-order valence-corrected chi connectivity index (χ1v) is 13.6. The molecule has 0 aromatic heterocycles. The Morgan fingerprint density at radius 3 is 2.32 bits per heavy atom. The van der Waals surface area contributed by atoms with E-state index in [1.165, 1.54) is 70.6 Å².